The average Bonchev–Trinajstić information content (AvgIpc) is 3.15. The Morgan fingerprint density at radius 1 is 0.893 bits per heavy atom. The molecule has 0 unspecified atom stereocenters. The number of hydrogen-bond acceptors (Lipinski definition) is 2. The third-order valence-corrected chi connectivity index (χ3v) is 5.20. The Balaban J connectivity index is 1.93. The molecule has 132 valence electrons. The molecule has 5 aromatic rings. The van der Waals surface area contributed by atoms with Crippen molar-refractivity contribution < 1.29 is 0 Å². The Morgan fingerprint density at radius 2 is 1.68 bits per heavy atom. The van der Waals surface area contributed by atoms with Gasteiger partial charge in [-0.1, -0.05) is 60.1 Å². The molecule has 0 fully saturated rings. The van der Waals surface area contributed by atoms with Crippen molar-refractivity contribution in [3.05, 3.63) is 89.6 Å². The number of rotatable bonds is 2. The van der Waals surface area contributed by atoms with Crippen LogP contribution in [0.3, 0.4) is 0 Å². The average molecular weight is 380 g/mol. The summed E-state index contributed by atoms with van der Waals surface area (Å²) < 4.78 is 0. The second kappa shape index (κ2) is 6.53. The highest BCUT2D eigenvalue weighted by atomic mass is 35.5. The zero-order valence-corrected chi connectivity index (χ0v) is 15.5. The van der Waals surface area contributed by atoms with E-state index in [-0.39, 0.29) is 0 Å². The number of benzene rings is 3. The first kappa shape index (κ1) is 16.6. The fourth-order valence-corrected chi connectivity index (χ4v) is 3.88. The normalized spacial score (nSPS) is 11.0. The number of aromatic nitrogens is 2. The molecule has 0 aliphatic carbocycles. The number of H-pyrrole nitrogens is 1. The number of nitriles is 1. The van der Waals surface area contributed by atoms with Crippen LogP contribution in [-0.2, 0) is 0 Å². The molecular formula is C24H14ClN3. The van der Waals surface area contributed by atoms with Crippen LogP contribution in [0.15, 0.2) is 79.0 Å². The van der Waals surface area contributed by atoms with Crippen LogP contribution in [-0.4, -0.2) is 9.97 Å². The first-order chi connectivity index (χ1) is 13.8. The third-order valence-electron chi connectivity index (χ3n) is 4.97. The van der Waals surface area contributed by atoms with Crippen molar-refractivity contribution in [3.8, 4) is 28.5 Å². The molecule has 0 aliphatic heterocycles. The van der Waals surface area contributed by atoms with Gasteiger partial charge in [-0.25, -0.2) is 4.98 Å². The van der Waals surface area contributed by atoms with Crippen LogP contribution in [0, 0.1) is 11.3 Å². The van der Waals surface area contributed by atoms with Crippen molar-refractivity contribution in [2.75, 3.05) is 0 Å². The van der Waals surface area contributed by atoms with Crippen LogP contribution < -0.4 is 0 Å². The highest BCUT2D eigenvalue weighted by Gasteiger charge is 2.19. The molecule has 0 saturated heterocycles. The van der Waals surface area contributed by atoms with Crippen molar-refractivity contribution in [1.29, 1.82) is 5.26 Å². The Hall–Kier alpha value is -3.61. The molecule has 0 radical (unpaired) electrons. The maximum absolute atomic E-state index is 10.1. The number of para-hydroxylation sites is 1. The van der Waals surface area contributed by atoms with Gasteiger partial charge in [-0.2, -0.15) is 5.26 Å². The highest BCUT2D eigenvalue weighted by molar-refractivity contribution is 6.31. The summed E-state index contributed by atoms with van der Waals surface area (Å²) >= 11 is 6.23. The molecule has 0 atom stereocenters. The van der Waals surface area contributed by atoms with Gasteiger partial charge in [0.05, 0.1) is 16.8 Å². The number of aromatic amines is 1. The van der Waals surface area contributed by atoms with E-state index in [9.17, 15) is 5.26 Å². The molecule has 4 heteroatoms. The van der Waals surface area contributed by atoms with E-state index in [1.807, 2.05) is 79.0 Å². The molecule has 28 heavy (non-hydrogen) atoms. The zero-order valence-electron chi connectivity index (χ0n) is 14.8. The number of nitrogens with one attached hydrogen (secondary N) is 1. The molecule has 0 bridgehead atoms. The van der Waals surface area contributed by atoms with Crippen LogP contribution in [0.2, 0.25) is 5.02 Å². The maximum Gasteiger partial charge on any atom is 0.102 e. The summed E-state index contributed by atoms with van der Waals surface area (Å²) in [6.45, 7) is 0. The lowest BCUT2D eigenvalue weighted by atomic mass is 9.92. The van der Waals surface area contributed by atoms with Gasteiger partial charge in [0.25, 0.3) is 0 Å². The number of halogens is 1. The third kappa shape index (κ3) is 2.55. The van der Waals surface area contributed by atoms with E-state index in [4.69, 9.17) is 16.6 Å². The van der Waals surface area contributed by atoms with Gasteiger partial charge in [0.1, 0.15) is 6.07 Å². The fourth-order valence-electron chi connectivity index (χ4n) is 3.71. The van der Waals surface area contributed by atoms with Crippen LogP contribution in [0.4, 0.5) is 0 Å². The molecule has 2 heterocycles. The van der Waals surface area contributed by atoms with Crippen LogP contribution >= 0.6 is 11.6 Å². The Kier molecular flexibility index (Phi) is 3.86. The summed E-state index contributed by atoms with van der Waals surface area (Å²) in [5.74, 6) is 0. The lowest BCUT2D eigenvalue weighted by Crippen LogP contribution is -1.96. The summed E-state index contributed by atoms with van der Waals surface area (Å²) in [6.07, 6.45) is 1.90. The van der Waals surface area contributed by atoms with E-state index in [1.54, 1.807) is 0 Å². The summed E-state index contributed by atoms with van der Waals surface area (Å²) in [5.41, 5.74) is 5.81. The van der Waals surface area contributed by atoms with Crippen molar-refractivity contribution in [2.45, 2.75) is 0 Å². The molecule has 5 rings (SSSR count). The Bertz CT molecular complexity index is 1380. The zero-order chi connectivity index (χ0) is 19.1. The van der Waals surface area contributed by atoms with Gasteiger partial charge in [0.15, 0.2) is 0 Å². The minimum Gasteiger partial charge on any atom is -0.360 e. The first-order valence-corrected chi connectivity index (χ1v) is 9.29. The van der Waals surface area contributed by atoms with Crippen molar-refractivity contribution in [2.24, 2.45) is 0 Å². The van der Waals surface area contributed by atoms with Gasteiger partial charge in [-0.05, 0) is 29.8 Å². The molecule has 2 aromatic heterocycles. The second-order valence-corrected chi connectivity index (χ2v) is 7.03. The molecule has 0 amide bonds. The Labute approximate surface area is 166 Å². The standard InChI is InChI=1S/C24H14ClN3/c25-16-10-11-21-18(12-16)20(14-27-21)24-19(13-26)23(15-6-2-1-3-7-15)17-8-4-5-9-22(17)28-24/h1-12,14,27H. The van der Waals surface area contributed by atoms with E-state index in [2.05, 4.69) is 11.1 Å². The summed E-state index contributed by atoms with van der Waals surface area (Å²) in [5, 5.41) is 12.7. The monoisotopic (exact) mass is 379 g/mol. The van der Waals surface area contributed by atoms with E-state index >= 15 is 0 Å². The predicted octanol–water partition coefficient (Wildman–Crippen LogP) is 6.58. The van der Waals surface area contributed by atoms with Crippen molar-refractivity contribution in [3.63, 3.8) is 0 Å². The molecule has 0 saturated carbocycles. The molecule has 0 spiro atoms. The van der Waals surface area contributed by atoms with E-state index in [0.717, 1.165) is 38.5 Å². The van der Waals surface area contributed by atoms with E-state index < -0.39 is 0 Å². The fraction of sp³-hybridized carbons (Fsp3) is 0. The van der Waals surface area contributed by atoms with Gasteiger partial charge in [-0.3, -0.25) is 0 Å². The van der Waals surface area contributed by atoms with Gasteiger partial charge >= 0.3 is 0 Å². The SMILES string of the molecule is N#Cc1c(-c2c[nH]c3ccc(Cl)cc23)nc2ccccc2c1-c1ccccc1. The minimum atomic E-state index is 0.561. The lowest BCUT2D eigenvalue weighted by molar-refractivity contribution is 1.36. The first-order valence-electron chi connectivity index (χ1n) is 8.91. The van der Waals surface area contributed by atoms with Gasteiger partial charge in [-0.15, -0.1) is 0 Å². The second-order valence-electron chi connectivity index (χ2n) is 6.60. The molecular weight excluding hydrogens is 366 g/mol. The largest absolute Gasteiger partial charge is 0.360 e. The van der Waals surface area contributed by atoms with Crippen LogP contribution in [0.1, 0.15) is 5.56 Å². The number of hydrogen-bond donors (Lipinski definition) is 1. The predicted molar refractivity (Wildman–Crippen MR) is 114 cm³/mol. The molecule has 1 N–H and O–H groups in total. The lowest BCUT2D eigenvalue weighted by Gasteiger charge is -2.13. The summed E-state index contributed by atoms with van der Waals surface area (Å²) in [7, 11) is 0. The number of nitrogens with zero attached hydrogens (tertiary/aromatic N) is 2. The smallest absolute Gasteiger partial charge is 0.102 e. The van der Waals surface area contributed by atoms with E-state index in [0.29, 0.717) is 16.3 Å². The van der Waals surface area contributed by atoms with Crippen molar-refractivity contribution in [1.82, 2.24) is 9.97 Å². The van der Waals surface area contributed by atoms with Crippen molar-refractivity contribution >= 4 is 33.4 Å². The number of pyridine rings is 1. The molecule has 3 aromatic carbocycles. The topological polar surface area (TPSA) is 52.5 Å². The maximum atomic E-state index is 10.1. The summed E-state index contributed by atoms with van der Waals surface area (Å²) in [6, 6.07) is 26.0. The van der Waals surface area contributed by atoms with Crippen LogP contribution in [0.25, 0.3) is 44.2 Å². The van der Waals surface area contributed by atoms with E-state index in [1.165, 1.54) is 0 Å². The van der Waals surface area contributed by atoms with Gasteiger partial charge in [0, 0.05) is 38.6 Å². The van der Waals surface area contributed by atoms with Crippen LogP contribution in [0.5, 0.6) is 0 Å². The molecule has 0 aliphatic rings. The van der Waals surface area contributed by atoms with Gasteiger partial charge < -0.3 is 4.98 Å². The summed E-state index contributed by atoms with van der Waals surface area (Å²) in [4.78, 5) is 8.13. The highest BCUT2D eigenvalue weighted by Crippen LogP contribution is 2.39. The quantitative estimate of drug-likeness (QED) is 0.377. The Morgan fingerprint density at radius 3 is 2.50 bits per heavy atom. The molecule has 3 nitrogen and oxygen atoms in total. The van der Waals surface area contributed by atoms with Gasteiger partial charge in [0.2, 0.25) is 0 Å². The number of fused-ring (bicyclic) bond motifs is 2. The minimum absolute atomic E-state index is 0.561.